The molecule has 1 atom stereocenters. The molecule has 1 unspecified atom stereocenters. The van der Waals surface area contributed by atoms with E-state index in [1.165, 1.54) is 0 Å². The van der Waals surface area contributed by atoms with Gasteiger partial charge in [-0.05, 0) is 18.7 Å². The summed E-state index contributed by atoms with van der Waals surface area (Å²) in [4.78, 5) is 16.8. The first kappa shape index (κ1) is 14.8. The van der Waals surface area contributed by atoms with Gasteiger partial charge in [0.2, 0.25) is 0 Å². The molecule has 1 aromatic heterocycles. The highest BCUT2D eigenvalue weighted by Crippen LogP contribution is 2.21. The fourth-order valence-electron chi connectivity index (χ4n) is 1.74. The van der Waals surface area contributed by atoms with Gasteiger partial charge in [-0.15, -0.1) is 0 Å². The monoisotopic (exact) mass is 272 g/mol. The van der Waals surface area contributed by atoms with Gasteiger partial charge in [-0.1, -0.05) is 6.92 Å². The van der Waals surface area contributed by atoms with Gasteiger partial charge in [-0.2, -0.15) is 11.8 Å². The van der Waals surface area contributed by atoms with Gasteiger partial charge < -0.3 is 10.0 Å². The van der Waals surface area contributed by atoms with Crippen molar-refractivity contribution in [3.63, 3.8) is 0 Å². The van der Waals surface area contributed by atoms with E-state index in [2.05, 4.69) is 4.98 Å². The minimum atomic E-state index is -1.16. The van der Waals surface area contributed by atoms with Crippen molar-refractivity contribution in [2.75, 3.05) is 24.0 Å². The molecule has 0 saturated carbocycles. The number of carboxylic acid groups (broad SMARTS) is 1. The third-order valence-electron chi connectivity index (χ3n) is 2.78. The smallest absolute Gasteiger partial charge is 0.339 e. The fourth-order valence-corrected chi connectivity index (χ4v) is 2.58. The number of anilines is 1. The van der Waals surface area contributed by atoms with E-state index in [1.54, 1.807) is 23.7 Å². The van der Waals surface area contributed by atoms with Crippen LogP contribution in [0, 0.1) is 5.82 Å². The second-order valence-corrected chi connectivity index (χ2v) is 4.87. The zero-order valence-corrected chi connectivity index (χ0v) is 11.5. The average molecular weight is 272 g/mol. The fraction of sp³-hybridized carbons (Fsp3) is 0.500. The molecule has 0 aliphatic carbocycles. The van der Waals surface area contributed by atoms with Crippen molar-refractivity contribution in [2.45, 2.75) is 19.4 Å². The van der Waals surface area contributed by atoms with Gasteiger partial charge in [0.25, 0.3) is 0 Å². The summed E-state index contributed by atoms with van der Waals surface area (Å²) in [6.07, 6.45) is 3.91. The molecular formula is C12H17FN2O2S. The number of aromatic carboxylic acids is 1. The van der Waals surface area contributed by atoms with Crippen molar-refractivity contribution in [3.05, 3.63) is 23.6 Å². The van der Waals surface area contributed by atoms with Gasteiger partial charge in [0, 0.05) is 18.8 Å². The topological polar surface area (TPSA) is 53.4 Å². The lowest BCUT2D eigenvalue weighted by molar-refractivity contribution is 0.0696. The molecule has 0 amide bonds. The van der Waals surface area contributed by atoms with Crippen molar-refractivity contribution in [1.29, 1.82) is 0 Å². The second-order valence-electron chi connectivity index (χ2n) is 3.96. The van der Waals surface area contributed by atoms with E-state index in [9.17, 15) is 9.18 Å². The van der Waals surface area contributed by atoms with Crippen LogP contribution in [-0.2, 0) is 0 Å². The van der Waals surface area contributed by atoms with Crippen LogP contribution in [0.15, 0.2) is 12.3 Å². The summed E-state index contributed by atoms with van der Waals surface area (Å²) in [5.74, 6) is -0.624. The second kappa shape index (κ2) is 6.58. The lowest BCUT2D eigenvalue weighted by Crippen LogP contribution is -2.35. The van der Waals surface area contributed by atoms with E-state index in [1.807, 2.05) is 13.2 Å². The van der Waals surface area contributed by atoms with Gasteiger partial charge in [0.05, 0.1) is 6.20 Å². The molecule has 0 bridgehead atoms. The Balaban J connectivity index is 3.11. The molecule has 0 saturated heterocycles. The normalized spacial score (nSPS) is 12.2. The first-order chi connectivity index (χ1) is 8.51. The molecule has 0 aromatic carbocycles. The maximum Gasteiger partial charge on any atom is 0.339 e. The summed E-state index contributed by atoms with van der Waals surface area (Å²) in [6, 6.07) is 1.18. The van der Waals surface area contributed by atoms with Gasteiger partial charge in [-0.3, -0.25) is 0 Å². The van der Waals surface area contributed by atoms with Gasteiger partial charge >= 0.3 is 5.97 Å². The van der Waals surface area contributed by atoms with Crippen LogP contribution in [0.3, 0.4) is 0 Å². The van der Waals surface area contributed by atoms with Crippen molar-refractivity contribution in [2.24, 2.45) is 0 Å². The Hall–Kier alpha value is -1.30. The van der Waals surface area contributed by atoms with Crippen LogP contribution in [0.2, 0.25) is 0 Å². The third kappa shape index (κ3) is 3.35. The molecule has 1 heterocycles. The maximum absolute atomic E-state index is 13.1. The average Bonchev–Trinajstić information content (AvgIpc) is 2.35. The van der Waals surface area contributed by atoms with Crippen molar-refractivity contribution in [3.8, 4) is 0 Å². The number of pyridine rings is 1. The van der Waals surface area contributed by atoms with Gasteiger partial charge in [0.1, 0.15) is 17.2 Å². The molecule has 1 N–H and O–H groups in total. The van der Waals surface area contributed by atoms with Crippen LogP contribution in [0.1, 0.15) is 23.7 Å². The summed E-state index contributed by atoms with van der Waals surface area (Å²) in [5.41, 5.74) is -0.1000. The Kier molecular flexibility index (Phi) is 5.40. The van der Waals surface area contributed by atoms with Crippen LogP contribution in [0.4, 0.5) is 10.2 Å². The van der Waals surface area contributed by atoms with Crippen molar-refractivity contribution >= 4 is 23.5 Å². The van der Waals surface area contributed by atoms with E-state index >= 15 is 0 Å². The minimum Gasteiger partial charge on any atom is -0.478 e. The molecular weight excluding hydrogens is 255 g/mol. The molecule has 100 valence electrons. The van der Waals surface area contributed by atoms with Crippen molar-refractivity contribution in [1.82, 2.24) is 4.98 Å². The standard InChI is InChI=1S/C12H17FN2O2S/c1-4-9(7-18-3)15(2)11-10(12(16)17)5-8(13)6-14-11/h5-6,9H,4,7H2,1-3H3,(H,16,17). The SMILES string of the molecule is CCC(CSC)N(C)c1ncc(F)cc1C(=O)O. The predicted octanol–water partition coefficient (Wildman–Crippen LogP) is 2.50. The number of aromatic nitrogens is 1. The lowest BCUT2D eigenvalue weighted by Gasteiger charge is -2.28. The highest BCUT2D eigenvalue weighted by molar-refractivity contribution is 7.98. The summed E-state index contributed by atoms with van der Waals surface area (Å²) in [5, 5.41) is 9.08. The molecule has 1 rings (SSSR count). The zero-order valence-electron chi connectivity index (χ0n) is 10.7. The number of carboxylic acids is 1. The number of thioether (sulfide) groups is 1. The molecule has 4 nitrogen and oxygen atoms in total. The Morgan fingerprint density at radius 3 is 2.83 bits per heavy atom. The Morgan fingerprint density at radius 1 is 1.67 bits per heavy atom. The van der Waals surface area contributed by atoms with Crippen LogP contribution < -0.4 is 4.90 Å². The molecule has 0 aliphatic heterocycles. The number of carbonyl (C=O) groups is 1. The summed E-state index contributed by atoms with van der Waals surface area (Å²) in [7, 11) is 1.79. The maximum atomic E-state index is 13.1. The van der Waals surface area contributed by atoms with E-state index in [4.69, 9.17) is 5.11 Å². The number of hydrogen-bond acceptors (Lipinski definition) is 4. The van der Waals surface area contributed by atoms with Crippen molar-refractivity contribution < 1.29 is 14.3 Å². The highest BCUT2D eigenvalue weighted by atomic mass is 32.2. The first-order valence-corrected chi connectivity index (χ1v) is 7.01. The number of rotatable bonds is 6. The summed E-state index contributed by atoms with van der Waals surface area (Å²) < 4.78 is 13.1. The Labute approximate surface area is 110 Å². The molecule has 0 fully saturated rings. The van der Waals surface area contributed by atoms with E-state index < -0.39 is 11.8 Å². The summed E-state index contributed by atoms with van der Waals surface area (Å²) in [6.45, 7) is 2.03. The molecule has 0 spiro atoms. The number of halogens is 1. The van der Waals surface area contributed by atoms with Crippen LogP contribution in [-0.4, -0.2) is 41.2 Å². The Bertz CT molecular complexity index is 429. The quantitative estimate of drug-likeness (QED) is 0.862. The van der Waals surface area contributed by atoms with Crippen LogP contribution >= 0.6 is 11.8 Å². The molecule has 6 heteroatoms. The van der Waals surface area contributed by atoms with Gasteiger partial charge in [-0.25, -0.2) is 14.2 Å². The first-order valence-electron chi connectivity index (χ1n) is 5.61. The number of nitrogens with zero attached hydrogens (tertiary/aromatic N) is 2. The highest BCUT2D eigenvalue weighted by Gasteiger charge is 2.21. The van der Waals surface area contributed by atoms with Gasteiger partial charge in [0.15, 0.2) is 0 Å². The molecule has 0 radical (unpaired) electrons. The van der Waals surface area contributed by atoms with E-state index in [0.717, 1.165) is 24.4 Å². The number of hydrogen-bond donors (Lipinski definition) is 1. The summed E-state index contributed by atoms with van der Waals surface area (Å²) >= 11 is 1.68. The zero-order chi connectivity index (χ0) is 13.7. The third-order valence-corrected chi connectivity index (χ3v) is 3.49. The van der Waals surface area contributed by atoms with Crippen LogP contribution in [0.25, 0.3) is 0 Å². The molecule has 18 heavy (non-hydrogen) atoms. The lowest BCUT2D eigenvalue weighted by atomic mass is 10.2. The van der Waals surface area contributed by atoms with Crippen LogP contribution in [0.5, 0.6) is 0 Å². The van der Waals surface area contributed by atoms with E-state index in [-0.39, 0.29) is 11.6 Å². The largest absolute Gasteiger partial charge is 0.478 e. The molecule has 1 aromatic rings. The minimum absolute atomic E-state index is 0.1000. The van der Waals surface area contributed by atoms with E-state index in [0.29, 0.717) is 5.82 Å². The predicted molar refractivity (Wildman–Crippen MR) is 72.0 cm³/mol. The molecule has 0 aliphatic rings. The Morgan fingerprint density at radius 2 is 2.33 bits per heavy atom.